The highest BCUT2D eigenvalue weighted by Gasteiger charge is 2.40. The molecule has 1 fully saturated rings. The second-order valence-corrected chi connectivity index (χ2v) is 9.27. The Balaban J connectivity index is 1.43. The fourth-order valence-electron chi connectivity index (χ4n) is 4.84. The molecule has 2 heterocycles. The fraction of sp³-hybridized carbons (Fsp3) is 0.321. The van der Waals surface area contributed by atoms with Crippen LogP contribution in [0.5, 0.6) is 0 Å². The van der Waals surface area contributed by atoms with Crippen LogP contribution in [0.3, 0.4) is 0 Å². The van der Waals surface area contributed by atoms with Crippen LogP contribution in [0.15, 0.2) is 72.8 Å². The standard InChI is InChI=1S/C28H33FN4O2/c1-3-35-26(31)13-11-24(30)20-8-6-19(7-9-20)17-33-16-14-23(28(2,34)18-33)21-10-12-25-22(27(21)29)5-4-15-32-25/h4-13,15,23,34H,3,14,16-18,30-31H2,1-2H3/b24-11-,26-13+. The molecule has 0 bridgehead atoms. The molecular weight excluding hydrogens is 443 g/mol. The number of aromatic nitrogens is 1. The number of hydrogen-bond donors (Lipinski definition) is 3. The van der Waals surface area contributed by atoms with Gasteiger partial charge in [-0.05, 0) is 73.9 Å². The van der Waals surface area contributed by atoms with Crippen LogP contribution >= 0.6 is 0 Å². The van der Waals surface area contributed by atoms with Crippen LogP contribution in [-0.4, -0.2) is 40.3 Å². The van der Waals surface area contributed by atoms with Gasteiger partial charge in [0.2, 0.25) is 0 Å². The lowest BCUT2D eigenvalue weighted by atomic mass is 9.77. The number of halogens is 1. The van der Waals surface area contributed by atoms with Gasteiger partial charge in [-0.2, -0.15) is 0 Å². The lowest BCUT2D eigenvalue weighted by Gasteiger charge is -2.43. The highest BCUT2D eigenvalue weighted by molar-refractivity contribution is 5.80. The molecule has 0 saturated carbocycles. The van der Waals surface area contributed by atoms with Gasteiger partial charge in [-0.15, -0.1) is 0 Å². The number of rotatable bonds is 7. The number of allylic oxidation sites excluding steroid dienone is 2. The average molecular weight is 477 g/mol. The molecular formula is C28H33FN4O2. The number of hydrogen-bond acceptors (Lipinski definition) is 6. The topological polar surface area (TPSA) is 97.6 Å². The second kappa shape index (κ2) is 10.5. The summed E-state index contributed by atoms with van der Waals surface area (Å²) in [5, 5.41) is 11.8. The van der Waals surface area contributed by atoms with Gasteiger partial charge in [-0.3, -0.25) is 9.88 Å². The van der Waals surface area contributed by atoms with Crippen LogP contribution < -0.4 is 11.5 Å². The Kier molecular flexibility index (Phi) is 7.38. The van der Waals surface area contributed by atoms with Crippen LogP contribution in [0.1, 0.15) is 42.9 Å². The molecule has 2 aromatic carbocycles. The van der Waals surface area contributed by atoms with Crippen molar-refractivity contribution in [3.8, 4) is 0 Å². The van der Waals surface area contributed by atoms with E-state index in [1.807, 2.05) is 37.3 Å². The lowest BCUT2D eigenvalue weighted by molar-refractivity contribution is -0.0379. The Labute approximate surface area is 205 Å². The molecule has 184 valence electrons. The molecule has 0 aliphatic carbocycles. The van der Waals surface area contributed by atoms with Crippen molar-refractivity contribution in [3.05, 3.63) is 95.3 Å². The molecule has 35 heavy (non-hydrogen) atoms. The first-order valence-electron chi connectivity index (χ1n) is 11.9. The summed E-state index contributed by atoms with van der Waals surface area (Å²) in [5.74, 6) is -0.246. The average Bonchev–Trinajstić information content (AvgIpc) is 2.84. The smallest absolute Gasteiger partial charge is 0.183 e. The number of pyridine rings is 1. The molecule has 5 N–H and O–H groups in total. The van der Waals surface area contributed by atoms with E-state index < -0.39 is 5.60 Å². The molecule has 3 aromatic rings. The molecule has 0 spiro atoms. The monoisotopic (exact) mass is 476 g/mol. The van der Waals surface area contributed by atoms with E-state index >= 15 is 4.39 Å². The summed E-state index contributed by atoms with van der Waals surface area (Å²) in [5.41, 5.74) is 14.6. The largest absolute Gasteiger partial charge is 0.480 e. The first kappa shape index (κ1) is 24.7. The van der Waals surface area contributed by atoms with Crippen LogP contribution in [0.25, 0.3) is 16.6 Å². The minimum atomic E-state index is -1.06. The second-order valence-electron chi connectivity index (χ2n) is 9.27. The summed E-state index contributed by atoms with van der Waals surface area (Å²) in [6.07, 6.45) is 5.69. The highest BCUT2D eigenvalue weighted by Crippen LogP contribution is 2.39. The normalized spacial score (nSPS) is 21.9. The van der Waals surface area contributed by atoms with Crippen molar-refractivity contribution in [3.63, 3.8) is 0 Å². The summed E-state index contributed by atoms with van der Waals surface area (Å²) in [4.78, 5) is 6.43. The quantitative estimate of drug-likeness (QED) is 0.348. The number of fused-ring (bicyclic) bond motifs is 1. The number of ether oxygens (including phenoxy) is 1. The minimum Gasteiger partial charge on any atom is -0.480 e. The first-order chi connectivity index (χ1) is 16.8. The molecule has 0 radical (unpaired) electrons. The molecule has 7 heteroatoms. The Morgan fingerprint density at radius 1 is 1.20 bits per heavy atom. The molecule has 1 aliphatic heterocycles. The van der Waals surface area contributed by atoms with Gasteiger partial charge in [-0.25, -0.2) is 4.39 Å². The van der Waals surface area contributed by atoms with Gasteiger partial charge in [0.15, 0.2) is 5.88 Å². The number of likely N-dealkylation sites (tertiary alicyclic amines) is 1. The molecule has 0 amide bonds. The Morgan fingerprint density at radius 3 is 2.69 bits per heavy atom. The fourth-order valence-corrected chi connectivity index (χ4v) is 4.84. The Morgan fingerprint density at radius 2 is 1.97 bits per heavy atom. The van der Waals surface area contributed by atoms with Crippen molar-refractivity contribution in [2.24, 2.45) is 11.5 Å². The van der Waals surface area contributed by atoms with Crippen molar-refractivity contribution in [2.75, 3.05) is 19.7 Å². The van der Waals surface area contributed by atoms with E-state index in [0.717, 1.165) is 17.7 Å². The summed E-state index contributed by atoms with van der Waals surface area (Å²) < 4.78 is 20.5. The van der Waals surface area contributed by atoms with Crippen LogP contribution in [0.2, 0.25) is 0 Å². The molecule has 1 saturated heterocycles. The number of benzene rings is 2. The summed E-state index contributed by atoms with van der Waals surface area (Å²) >= 11 is 0. The minimum absolute atomic E-state index is 0.284. The van der Waals surface area contributed by atoms with Gasteiger partial charge in [0, 0.05) is 36.3 Å². The molecule has 2 atom stereocenters. The van der Waals surface area contributed by atoms with Gasteiger partial charge in [0.05, 0.1) is 17.7 Å². The lowest BCUT2D eigenvalue weighted by Crippen LogP contribution is -2.50. The zero-order chi connectivity index (χ0) is 25.0. The number of β-amino-alcohol motifs (C(OH)–C–C–N with tert-alkyl or cyclic N) is 1. The van der Waals surface area contributed by atoms with E-state index in [4.69, 9.17) is 16.2 Å². The van der Waals surface area contributed by atoms with E-state index in [1.165, 1.54) is 0 Å². The SMILES string of the molecule is CCO/C(N)=C/C=C(\N)c1ccc(CN2CCC(c3ccc4ncccc4c3F)C(C)(O)C2)cc1. The van der Waals surface area contributed by atoms with E-state index in [2.05, 4.69) is 9.88 Å². The third-order valence-corrected chi connectivity index (χ3v) is 6.58. The van der Waals surface area contributed by atoms with Crippen LogP contribution in [0.4, 0.5) is 4.39 Å². The van der Waals surface area contributed by atoms with Crippen LogP contribution in [-0.2, 0) is 11.3 Å². The zero-order valence-electron chi connectivity index (χ0n) is 20.2. The Bertz CT molecular complexity index is 1240. The van der Waals surface area contributed by atoms with Crippen molar-refractivity contribution in [2.45, 2.75) is 38.3 Å². The van der Waals surface area contributed by atoms with E-state index in [1.54, 1.807) is 43.5 Å². The molecule has 6 nitrogen and oxygen atoms in total. The van der Waals surface area contributed by atoms with Crippen molar-refractivity contribution in [1.29, 1.82) is 0 Å². The van der Waals surface area contributed by atoms with E-state index in [9.17, 15) is 5.11 Å². The van der Waals surface area contributed by atoms with Gasteiger partial charge >= 0.3 is 0 Å². The maximum absolute atomic E-state index is 15.3. The highest BCUT2D eigenvalue weighted by atomic mass is 19.1. The van der Waals surface area contributed by atoms with Crippen LogP contribution in [0, 0.1) is 5.82 Å². The molecule has 4 rings (SSSR count). The summed E-state index contributed by atoms with van der Waals surface area (Å²) in [7, 11) is 0. The van der Waals surface area contributed by atoms with E-state index in [-0.39, 0.29) is 11.7 Å². The molecule has 2 unspecified atom stereocenters. The van der Waals surface area contributed by atoms with Gasteiger partial charge in [0.1, 0.15) is 5.82 Å². The van der Waals surface area contributed by atoms with Crippen molar-refractivity contribution in [1.82, 2.24) is 9.88 Å². The maximum Gasteiger partial charge on any atom is 0.183 e. The van der Waals surface area contributed by atoms with E-state index in [0.29, 0.717) is 54.2 Å². The summed E-state index contributed by atoms with van der Waals surface area (Å²) in [6.45, 7) is 6.07. The van der Waals surface area contributed by atoms with Gasteiger partial charge < -0.3 is 21.3 Å². The van der Waals surface area contributed by atoms with Gasteiger partial charge in [-0.1, -0.05) is 30.3 Å². The number of nitrogens with two attached hydrogens (primary N) is 2. The van der Waals surface area contributed by atoms with Crippen molar-refractivity contribution < 1.29 is 14.2 Å². The maximum atomic E-state index is 15.3. The number of piperidine rings is 1. The summed E-state index contributed by atoms with van der Waals surface area (Å²) in [6, 6.07) is 15.1. The molecule has 1 aromatic heterocycles. The zero-order valence-corrected chi connectivity index (χ0v) is 20.2. The molecule has 1 aliphatic rings. The van der Waals surface area contributed by atoms with Crippen molar-refractivity contribution >= 4 is 16.6 Å². The predicted molar refractivity (Wildman–Crippen MR) is 137 cm³/mol. The number of nitrogens with zero attached hydrogens (tertiary/aromatic N) is 2. The first-order valence-corrected chi connectivity index (χ1v) is 11.9. The predicted octanol–water partition coefficient (Wildman–Crippen LogP) is 4.25. The Hall–Kier alpha value is -3.42. The number of aliphatic hydroxyl groups is 1. The van der Waals surface area contributed by atoms with Gasteiger partial charge in [0.25, 0.3) is 0 Å². The third kappa shape index (κ3) is 5.63. The third-order valence-electron chi connectivity index (χ3n) is 6.58.